The smallest absolute Gasteiger partial charge is 0.872 e. The Kier molecular flexibility index (Phi) is 15.0. The topological polar surface area (TPSA) is 86.7 Å². The van der Waals surface area contributed by atoms with Gasteiger partial charge in [-0.1, -0.05) is 89.3 Å². The molecule has 0 atom stereocenters. The summed E-state index contributed by atoms with van der Waals surface area (Å²) in [5.74, 6) is 0.716. The Morgan fingerprint density at radius 3 is 1.88 bits per heavy atom. The van der Waals surface area contributed by atoms with Gasteiger partial charge in [0.25, 0.3) is 10.1 Å². The van der Waals surface area contributed by atoms with Gasteiger partial charge in [-0.15, -0.1) is 5.75 Å². The zero-order chi connectivity index (χ0) is 22.5. The molecule has 0 spiro atoms. The summed E-state index contributed by atoms with van der Waals surface area (Å²) in [6.45, 7) is 2.23. The average molecular weight is 487 g/mol. The third kappa shape index (κ3) is 11.1. The van der Waals surface area contributed by atoms with Crippen molar-refractivity contribution in [2.45, 2.75) is 88.9 Å². The van der Waals surface area contributed by atoms with E-state index in [0.29, 0.717) is 23.5 Å². The number of unbranched alkanes of at least 4 members (excludes halogenated alkanes) is 10. The van der Waals surface area contributed by atoms with Crippen LogP contribution >= 0.6 is 0 Å². The molecule has 0 saturated carbocycles. The molecule has 0 aromatic heterocycles. The molecule has 2 aromatic rings. The van der Waals surface area contributed by atoms with E-state index in [1.165, 1.54) is 69.6 Å². The summed E-state index contributed by atoms with van der Waals surface area (Å²) in [4.78, 5) is -0.113. The summed E-state index contributed by atoms with van der Waals surface area (Å²) < 4.78 is 39.2. The minimum absolute atomic E-state index is 0. The molecule has 0 unspecified atom stereocenters. The van der Waals surface area contributed by atoms with Gasteiger partial charge >= 0.3 is 51.4 Å². The van der Waals surface area contributed by atoms with Gasteiger partial charge < -0.3 is 9.84 Å². The van der Waals surface area contributed by atoms with E-state index in [1.807, 2.05) is 0 Å². The van der Waals surface area contributed by atoms with Gasteiger partial charge in [-0.25, -0.2) is 0 Å². The van der Waals surface area contributed by atoms with Gasteiger partial charge in [-0.3, -0.25) is 4.55 Å². The Balaban J connectivity index is 0.00000512. The molecule has 0 heterocycles. The molecule has 0 aliphatic heterocycles. The predicted molar refractivity (Wildman–Crippen MR) is 122 cm³/mol. The van der Waals surface area contributed by atoms with Gasteiger partial charge in [0.05, 0.1) is 0 Å². The molecular formula is C25H35KO5S. The maximum absolute atomic E-state index is 11.9. The molecule has 32 heavy (non-hydrogen) atoms. The van der Waals surface area contributed by atoms with Crippen molar-refractivity contribution in [2.75, 3.05) is 0 Å². The van der Waals surface area contributed by atoms with E-state index in [2.05, 4.69) is 6.92 Å². The van der Waals surface area contributed by atoms with Gasteiger partial charge in [0, 0.05) is 5.56 Å². The van der Waals surface area contributed by atoms with Crippen LogP contribution in [0.4, 0.5) is 0 Å². The first-order valence-electron chi connectivity index (χ1n) is 11.5. The predicted octanol–water partition coefficient (Wildman–Crippen LogP) is 3.66. The molecule has 0 bridgehead atoms. The molecule has 0 saturated heterocycles. The molecule has 0 aliphatic rings. The van der Waals surface area contributed by atoms with Crippen molar-refractivity contribution in [3.8, 4) is 17.2 Å². The number of ether oxygens (including phenoxy) is 1. The molecule has 2 aromatic carbocycles. The van der Waals surface area contributed by atoms with Crippen molar-refractivity contribution in [3.05, 3.63) is 48.0 Å². The van der Waals surface area contributed by atoms with Crippen LogP contribution in [0.25, 0.3) is 0 Å². The second-order valence-electron chi connectivity index (χ2n) is 8.07. The molecule has 0 aliphatic carbocycles. The zero-order valence-electron chi connectivity index (χ0n) is 19.5. The van der Waals surface area contributed by atoms with Crippen LogP contribution in [-0.4, -0.2) is 13.0 Å². The maximum Gasteiger partial charge on any atom is 1.00 e. The summed E-state index contributed by atoms with van der Waals surface area (Å²) in [6, 6.07) is 10.5. The van der Waals surface area contributed by atoms with Crippen LogP contribution in [-0.2, 0) is 16.5 Å². The summed E-state index contributed by atoms with van der Waals surface area (Å²) in [5.41, 5.74) is 0.479. The van der Waals surface area contributed by atoms with Crippen LogP contribution in [0, 0.1) is 0 Å². The second-order valence-corrected chi connectivity index (χ2v) is 9.46. The van der Waals surface area contributed by atoms with E-state index in [0.717, 1.165) is 19.3 Å². The standard InChI is InChI=1S/C25H36O5S.K/c1-2-3-4-5-6-7-8-9-10-11-12-14-23-24(15-13-16-25(23)31(27,28)29)30-22-19-17-21(26)18-20-22;/h13,15-20,26H,2-12,14H2,1H3,(H,27,28,29);/q;+1/p-1. The maximum atomic E-state index is 11.9. The minimum atomic E-state index is -4.35. The van der Waals surface area contributed by atoms with Gasteiger partial charge in [-0.05, 0) is 37.1 Å². The van der Waals surface area contributed by atoms with E-state index < -0.39 is 10.1 Å². The van der Waals surface area contributed by atoms with Gasteiger partial charge in [0.1, 0.15) is 16.4 Å². The fraction of sp³-hybridized carbons (Fsp3) is 0.520. The molecule has 172 valence electrons. The first kappa shape index (κ1) is 29.6. The molecule has 5 nitrogen and oxygen atoms in total. The van der Waals surface area contributed by atoms with E-state index in [4.69, 9.17) is 4.74 Å². The molecular weight excluding hydrogens is 451 g/mol. The summed E-state index contributed by atoms with van der Waals surface area (Å²) in [5, 5.41) is 11.3. The van der Waals surface area contributed by atoms with E-state index in [-0.39, 0.29) is 62.0 Å². The fourth-order valence-electron chi connectivity index (χ4n) is 3.73. The molecule has 0 radical (unpaired) electrons. The van der Waals surface area contributed by atoms with Gasteiger partial charge in [-0.2, -0.15) is 8.42 Å². The molecule has 1 N–H and O–H groups in total. The van der Waals surface area contributed by atoms with Crippen molar-refractivity contribution in [1.82, 2.24) is 0 Å². The third-order valence-electron chi connectivity index (χ3n) is 5.45. The Morgan fingerprint density at radius 2 is 1.34 bits per heavy atom. The Bertz CT molecular complexity index is 882. The van der Waals surface area contributed by atoms with Gasteiger partial charge in [0.2, 0.25) is 0 Å². The largest absolute Gasteiger partial charge is 1.00 e. The van der Waals surface area contributed by atoms with E-state index in [9.17, 15) is 18.1 Å². The molecule has 2 rings (SSSR count). The first-order chi connectivity index (χ1) is 14.9. The fourth-order valence-corrected chi connectivity index (χ4v) is 4.49. The number of hydrogen-bond acceptors (Lipinski definition) is 4. The third-order valence-corrected chi connectivity index (χ3v) is 6.39. The normalized spacial score (nSPS) is 11.2. The number of benzene rings is 2. The summed E-state index contributed by atoms with van der Waals surface area (Å²) in [6.07, 6.45) is 13.8. The van der Waals surface area contributed by atoms with Crippen molar-refractivity contribution >= 4 is 10.1 Å². The number of rotatable bonds is 15. The van der Waals surface area contributed by atoms with Gasteiger partial charge in [0.15, 0.2) is 0 Å². The molecule has 0 amide bonds. The second kappa shape index (κ2) is 16.3. The van der Waals surface area contributed by atoms with Crippen LogP contribution < -0.4 is 61.2 Å². The van der Waals surface area contributed by atoms with Crippen LogP contribution in [0.15, 0.2) is 47.4 Å². The Hall–Kier alpha value is -0.414. The van der Waals surface area contributed by atoms with Crippen LogP contribution in [0.2, 0.25) is 0 Å². The van der Waals surface area contributed by atoms with Crippen molar-refractivity contribution in [1.29, 1.82) is 0 Å². The van der Waals surface area contributed by atoms with Crippen molar-refractivity contribution in [3.63, 3.8) is 0 Å². The van der Waals surface area contributed by atoms with Crippen molar-refractivity contribution < 1.29 is 74.2 Å². The Morgan fingerprint density at radius 1 is 0.812 bits per heavy atom. The van der Waals surface area contributed by atoms with Crippen LogP contribution in [0.1, 0.15) is 83.1 Å². The summed E-state index contributed by atoms with van der Waals surface area (Å²) >= 11 is 0. The molecule has 0 fully saturated rings. The minimum Gasteiger partial charge on any atom is -0.872 e. The molecule has 7 heteroatoms. The zero-order valence-corrected chi connectivity index (χ0v) is 23.5. The SMILES string of the molecule is CCCCCCCCCCCCCc1c(Oc2ccc([O-])cc2)cccc1S(=O)(=O)O.[K+]. The van der Waals surface area contributed by atoms with E-state index >= 15 is 0 Å². The van der Waals surface area contributed by atoms with E-state index in [1.54, 1.807) is 24.3 Å². The van der Waals surface area contributed by atoms with Crippen molar-refractivity contribution in [2.24, 2.45) is 0 Å². The Labute approximate surface area is 236 Å². The summed E-state index contributed by atoms with van der Waals surface area (Å²) in [7, 11) is -4.35. The van der Waals surface area contributed by atoms with Crippen LogP contribution in [0.3, 0.4) is 0 Å². The monoisotopic (exact) mass is 486 g/mol. The first-order valence-corrected chi connectivity index (χ1v) is 12.9. The number of hydrogen-bond donors (Lipinski definition) is 1. The van der Waals surface area contributed by atoms with Crippen LogP contribution in [0.5, 0.6) is 17.2 Å². The average Bonchev–Trinajstić information content (AvgIpc) is 2.73. The quantitative estimate of drug-likeness (QED) is 0.236.